The van der Waals surface area contributed by atoms with Crippen molar-refractivity contribution in [2.75, 3.05) is 6.61 Å². The molecule has 12 nitrogen and oxygen atoms in total. The minimum atomic E-state index is -1.36. The van der Waals surface area contributed by atoms with Crippen LogP contribution in [0.25, 0.3) is 0 Å². The molecule has 2 aliphatic carbocycles. The van der Waals surface area contributed by atoms with Crippen LogP contribution in [0.1, 0.15) is 75.2 Å². The molecule has 0 saturated carbocycles. The van der Waals surface area contributed by atoms with E-state index in [4.69, 9.17) is 23.7 Å². The van der Waals surface area contributed by atoms with Crippen LogP contribution in [0, 0.1) is 11.3 Å². The van der Waals surface area contributed by atoms with Gasteiger partial charge in [0.25, 0.3) is 0 Å². The lowest BCUT2D eigenvalue weighted by Gasteiger charge is -2.48. The van der Waals surface area contributed by atoms with E-state index >= 15 is 0 Å². The Morgan fingerprint density at radius 2 is 1.24 bits per heavy atom. The molecule has 234 valence electrons. The number of hydrogen-bond donors (Lipinski definition) is 2. The Hall–Kier alpha value is -3.51. The Balaban J connectivity index is 3.11. The van der Waals surface area contributed by atoms with E-state index in [1.54, 1.807) is 20.8 Å². The first-order valence-corrected chi connectivity index (χ1v) is 13.7. The van der Waals surface area contributed by atoms with Crippen LogP contribution in [0.15, 0.2) is 34.1 Å². The molecule has 0 aromatic rings. The minimum absolute atomic E-state index is 0.140. The van der Waals surface area contributed by atoms with E-state index in [-0.39, 0.29) is 29.7 Å². The van der Waals surface area contributed by atoms with Crippen LogP contribution in [-0.4, -0.2) is 77.2 Å². The zero-order valence-electron chi connectivity index (χ0n) is 25.6. The van der Waals surface area contributed by atoms with Gasteiger partial charge in [-0.1, -0.05) is 19.9 Å². The summed E-state index contributed by atoms with van der Waals surface area (Å²) in [4.78, 5) is 61.4. The lowest BCUT2D eigenvalue weighted by Crippen LogP contribution is -2.48. The highest BCUT2D eigenvalue weighted by Crippen LogP contribution is 2.51. The van der Waals surface area contributed by atoms with Crippen LogP contribution in [0.2, 0.25) is 0 Å². The third kappa shape index (κ3) is 8.28. The van der Waals surface area contributed by atoms with E-state index < -0.39 is 78.3 Å². The van der Waals surface area contributed by atoms with Gasteiger partial charge in [-0.25, -0.2) is 0 Å². The highest BCUT2D eigenvalue weighted by molar-refractivity contribution is 5.70. The third-order valence-electron chi connectivity index (χ3n) is 7.65. The summed E-state index contributed by atoms with van der Waals surface area (Å²) in [6, 6.07) is 0. The highest BCUT2D eigenvalue weighted by atomic mass is 16.6. The van der Waals surface area contributed by atoms with Crippen molar-refractivity contribution >= 4 is 29.8 Å². The van der Waals surface area contributed by atoms with Crippen molar-refractivity contribution in [1.29, 1.82) is 0 Å². The van der Waals surface area contributed by atoms with Gasteiger partial charge in [0, 0.05) is 52.5 Å². The smallest absolute Gasteiger partial charge is 0.307 e. The molecule has 0 aromatic carbocycles. The lowest BCUT2D eigenvalue weighted by molar-refractivity contribution is -0.153. The van der Waals surface area contributed by atoms with Gasteiger partial charge in [0.1, 0.15) is 18.3 Å². The van der Waals surface area contributed by atoms with E-state index in [9.17, 15) is 34.2 Å². The average Bonchev–Trinajstić information content (AvgIpc) is 2.83. The summed E-state index contributed by atoms with van der Waals surface area (Å²) in [7, 11) is 0. The molecule has 0 aliphatic heterocycles. The average molecular weight is 595 g/mol. The summed E-state index contributed by atoms with van der Waals surface area (Å²) in [5, 5.41) is 21.9. The quantitative estimate of drug-likeness (QED) is 0.262. The molecule has 2 rings (SSSR count). The Bertz CT molecular complexity index is 1190. The van der Waals surface area contributed by atoms with E-state index in [2.05, 4.69) is 0 Å². The van der Waals surface area contributed by atoms with Crippen LogP contribution < -0.4 is 0 Å². The van der Waals surface area contributed by atoms with Crippen LogP contribution in [0.5, 0.6) is 0 Å². The maximum absolute atomic E-state index is 12.5. The van der Waals surface area contributed by atoms with Crippen molar-refractivity contribution in [3.63, 3.8) is 0 Å². The van der Waals surface area contributed by atoms with Crippen molar-refractivity contribution in [1.82, 2.24) is 0 Å². The fourth-order valence-corrected chi connectivity index (χ4v) is 5.88. The number of aliphatic hydroxyl groups excluding tert-OH is 2. The molecule has 2 N–H and O–H groups in total. The van der Waals surface area contributed by atoms with Gasteiger partial charge in [-0.3, -0.25) is 24.0 Å². The number of rotatable bonds is 6. The molecule has 2 bridgehead atoms. The summed E-state index contributed by atoms with van der Waals surface area (Å²) in [6.45, 7) is 12.1. The number of hydrogen-bond acceptors (Lipinski definition) is 12. The second-order valence-electron chi connectivity index (χ2n) is 11.2. The topological polar surface area (TPSA) is 172 Å². The molecule has 42 heavy (non-hydrogen) atoms. The van der Waals surface area contributed by atoms with Crippen LogP contribution >= 0.6 is 0 Å². The van der Waals surface area contributed by atoms with Gasteiger partial charge in [-0.05, 0) is 42.4 Å². The maximum Gasteiger partial charge on any atom is 0.307 e. The van der Waals surface area contributed by atoms with Gasteiger partial charge in [-0.2, -0.15) is 0 Å². The number of fused-ring (bicyclic) bond motifs is 2. The second kappa shape index (κ2) is 14.1. The second-order valence-corrected chi connectivity index (χ2v) is 11.2. The van der Waals surface area contributed by atoms with Crippen LogP contribution in [-0.2, 0) is 47.7 Å². The standard InChI is InChI=1S/C30H42O12/c1-14-24(38-16(3)32)11-22-23(37)10-21(13-31)26(40-18(5)34)12-25(39-17(4)33)15(2)28(41-19(6)35)29(42-20(7)36)27(14)30(22,8)9/h10,22-26,29,31,37H,11-13H2,1-9H3/t22-,23-,24-,25-,26-,29+/m0/s1. The molecular formula is C30H42O12. The van der Waals surface area contributed by atoms with Gasteiger partial charge in [0.15, 0.2) is 11.9 Å². The number of carbonyl (C=O) groups is 5. The molecule has 0 saturated heterocycles. The summed E-state index contributed by atoms with van der Waals surface area (Å²) < 4.78 is 28.2. The number of carbonyl (C=O) groups excluding carboxylic acids is 5. The Morgan fingerprint density at radius 1 is 0.762 bits per heavy atom. The first kappa shape index (κ1) is 34.7. The fraction of sp³-hybridized carbons (Fsp3) is 0.633. The summed E-state index contributed by atoms with van der Waals surface area (Å²) in [6.07, 6.45) is -4.55. The van der Waals surface area contributed by atoms with Crippen LogP contribution in [0.3, 0.4) is 0 Å². The monoisotopic (exact) mass is 594 g/mol. The summed E-state index contributed by atoms with van der Waals surface area (Å²) >= 11 is 0. The zero-order chi connectivity index (χ0) is 32.1. The van der Waals surface area contributed by atoms with Gasteiger partial charge in [0.2, 0.25) is 0 Å². The molecule has 6 atom stereocenters. The summed E-state index contributed by atoms with van der Waals surface area (Å²) in [5.41, 5.74) is 0.238. The van der Waals surface area contributed by atoms with Crippen molar-refractivity contribution in [3.05, 3.63) is 34.1 Å². The largest absolute Gasteiger partial charge is 0.458 e. The molecule has 0 fully saturated rings. The van der Waals surface area contributed by atoms with Crippen LogP contribution in [0.4, 0.5) is 0 Å². The SMILES string of the molecule is CC(=O)OC1=C(C)[C@@H](OC(C)=O)C[C@H](OC(C)=O)C(CO)=C[C@H](O)[C@@H]2C[C@H](OC(C)=O)C(C)=C([C@H]1OC(C)=O)C2(C)C. The predicted octanol–water partition coefficient (Wildman–Crippen LogP) is 2.60. The Kier molecular flexibility index (Phi) is 11.7. The van der Waals surface area contributed by atoms with E-state index in [1.807, 2.05) is 0 Å². The molecule has 0 radical (unpaired) electrons. The number of ether oxygens (including phenoxy) is 5. The number of aliphatic hydroxyl groups is 2. The molecule has 12 heteroatoms. The molecule has 0 spiro atoms. The molecule has 0 aromatic heterocycles. The summed E-state index contributed by atoms with van der Waals surface area (Å²) in [5.74, 6) is -4.33. The van der Waals surface area contributed by atoms with Gasteiger partial charge >= 0.3 is 29.8 Å². The zero-order valence-corrected chi connectivity index (χ0v) is 25.6. The van der Waals surface area contributed by atoms with E-state index in [0.717, 1.165) is 13.8 Å². The van der Waals surface area contributed by atoms with E-state index in [0.29, 0.717) is 11.1 Å². The molecular weight excluding hydrogens is 552 g/mol. The third-order valence-corrected chi connectivity index (χ3v) is 7.65. The maximum atomic E-state index is 12.5. The fourth-order valence-electron chi connectivity index (χ4n) is 5.88. The molecule has 0 heterocycles. The van der Waals surface area contributed by atoms with Gasteiger partial charge in [-0.15, -0.1) is 0 Å². The predicted molar refractivity (Wildman–Crippen MR) is 147 cm³/mol. The van der Waals surface area contributed by atoms with E-state index in [1.165, 1.54) is 33.8 Å². The first-order valence-electron chi connectivity index (χ1n) is 13.7. The number of esters is 5. The van der Waals surface area contributed by atoms with Gasteiger partial charge < -0.3 is 33.9 Å². The van der Waals surface area contributed by atoms with Crippen molar-refractivity contribution < 1.29 is 57.9 Å². The van der Waals surface area contributed by atoms with Crippen molar-refractivity contribution in [3.8, 4) is 0 Å². The minimum Gasteiger partial charge on any atom is -0.458 e. The first-order chi connectivity index (χ1) is 19.4. The van der Waals surface area contributed by atoms with Crippen molar-refractivity contribution in [2.24, 2.45) is 11.3 Å². The Morgan fingerprint density at radius 3 is 1.69 bits per heavy atom. The van der Waals surface area contributed by atoms with Gasteiger partial charge in [0.05, 0.1) is 12.7 Å². The Labute approximate surface area is 245 Å². The molecule has 2 aliphatic rings. The van der Waals surface area contributed by atoms with Crippen molar-refractivity contribution in [2.45, 2.75) is 106 Å². The molecule has 0 amide bonds. The normalized spacial score (nSPS) is 27.9. The highest BCUT2D eigenvalue weighted by Gasteiger charge is 2.50. The molecule has 0 unspecified atom stereocenters. The lowest BCUT2D eigenvalue weighted by atomic mass is 9.60.